The number of carbonyl (C=O) groups excluding carboxylic acids is 1. The number of aliphatic carboxylic acids is 1. The van der Waals surface area contributed by atoms with Gasteiger partial charge in [0.25, 0.3) is 0 Å². The second-order valence-corrected chi connectivity index (χ2v) is 8.22. The maximum atomic E-state index is 12.5. The molecule has 0 aliphatic carbocycles. The average Bonchev–Trinajstić information content (AvgIpc) is 3.17. The van der Waals surface area contributed by atoms with Gasteiger partial charge in [-0.2, -0.15) is 0 Å². The molecule has 2 aromatic carbocycles. The molecule has 2 heterocycles. The van der Waals surface area contributed by atoms with E-state index in [4.69, 9.17) is 14.2 Å². The Morgan fingerprint density at radius 2 is 1.63 bits per heavy atom. The molecule has 11 nitrogen and oxygen atoms in total. The molecule has 2 aliphatic heterocycles. The first-order valence-corrected chi connectivity index (χ1v) is 10.7. The van der Waals surface area contributed by atoms with Crippen molar-refractivity contribution in [1.29, 1.82) is 0 Å². The van der Waals surface area contributed by atoms with Gasteiger partial charge in [-0.3, -0.25) is 4.79 Å². The van der Waals surface area contributed by atoms with Crippen LogP contribution in [0.3, 0.4) is 0 Å². The summed E-state index contributed by atoms with van der Waals surface area (Å²) in [6.45, 7) is -0.604. The highest BCUT2D eigenvalue weighted by Gasteiger charge is 2.46. The van der Waals surface area contributed by atoms with Gasteiger partial charge in [-0.1, -0.05) is 24.3 Å². The molecule has 0 saturated carbocycles. The van der Waals surface area contributed by atoms with Crippen molar-refractivity contribution in [1.82, 2.24) is 0 Å². The molecule has 186 valence electrons. The molecule has 35 heavy (non-hydrogen) atoms. The molecule has 0 spiro atoms. The fourth-order valence-electron chi connectivity index (χ4n) is 4.00. The summed E-state index contributed by atoms with van der Waals surface area (Å²) >= 11 is 0. The van der Waals surface area contributed by atoms with Gasteiger partial charge in [-0.15, -0.1) is 0 Å². The first-order chi connectivity index (χ1) is 16.7. The van der Waals surface area contributed by atoms with Crippen LogP contribution >= 0.6 is 0 Å². The third kappa shape index (κ3) is 4.99. The van der Waals surface area contributed by atoms with Gasteiger partial charge < -0.3 is 44.8 Å². The molecule has 2 aliphatic rings. The van der Waals surface area contributed by atoms with Crippen molar-refractivity contribution < 1.29 is 54.4 Å². The summed E-state index contributed by atoms with van der Waals surface area (Å²) in [5.74, 6) is -3.12. The third-order valence-electron chi connectivity index (χ3n) is 5.90. The first-order valence-electron chi connectivity index (χ1n) is 10.7. The van der Waals surface area contributed by atoms with E-state index in [1.165, 1.54) is 54.6 Å². The molecule has 0 radical (unpaired) electrons. The number of benzene rings is 2. The summed E-state index contributed by atoms with van der Waals surface area (Å²) in [6.07, 6.45) is -6.93. The molecule has 2 fully saturated rings. The zero-order chi connectivity index (χ0) is 25.3. The van der Waals surface area contributed by atoms with E-state index in [2.05, 4.69) is 0 Å². The van der Waals surface area contributed by atoms with Gasteiger partial charge >= 0.3 is 11.9 Å². The van der Waals surface area contributed by atoms with E-state index in [1.54, 1.807) is 0 Å². The molecule has 0 unspecified atom stereocenters. The number of aliphatic hydroxyl groups excluding tert-OH is 4. The molecule has 0 amide bonds. The van der Waals surface area contributed by atoms with Crippen molar-refractivity contribution in [2.45, 2.75) is 36.8 Å². The van der Waals surface area contributed by atoms with Crippen LogP contribution in [-0.2, 0) is 19.1 Å². The van der Waals surface area contributed by atoms with Crippen molar-refractivity contribution in [3.8, 4) is 11.5 Å². The zero-order valence-electron chi connectivity index (χ0n) is 18.2. The van der Waals surface area contributed by atoms with Gasteiger partial charge in [0.05, 0.1) is 12.2 Å². The minimum Gasteiger partial charge on any atom is -0.508 e. The summed E-state index contributed by atoms with van der Waals surface area (Å²) < 4.78 is 16.2. The highest BCUT2D eigenvalue weighted by atomic mass is 16.7. The van der Waals surface area contributed by atoms with Gasteiger partial charge in [0.1, 0.15) is 47.9 Å². The predicted octanol–water partition coefficient (Wildman–Crippen LogP) is -0.0468. The number of aliphatic hydroxyl groups is 4. The van der Waals surface area contributed by atoms with E-state index in [1.807, 2.05) is 0 Å². The molecule has 2 saturated heterocycles. The Morgan fingerprint density at radius 1 is 0.971 bits per heavy atom. The average molecular weight is 488 g/mol. The molecule has 0 aromatic heterocycles. The number of cyclic esters (lactones) is 1. The van der Waals surface area contributed by atoms with Gasteiger partial charge in [0.2, 0.25) is 6.29 Å². The molecular weight excluding hydrogens is 464 g/mol. The lowest BCUT2D eigenvalue weighted by molar-refractivity contribution is -0.277. The zero-order valence-corrected chi connectivity index (χ0v) is 18.2. The Kier molecular flexibility index (Phi) is 7.05. The summed E-state index contributed by atoms with van der Waals surface area (Å²) in [5, 5.41) is 58.4. The largest absolute Gasteiger partial charge is 0.508 e. The summed E-state index contributed by atoms with van der Waals surface area (Å²) in [4.78, 5) is 24.5. The number of hydrogen-bond donors (Lipinski definition) is 6. The van der Waals surface area contributed by atoms with Crippen LogP contribution in [0.4, 0.5) is 0 Å². The fraction of sp³-hybridized carbons (Fsp3) is 0.333. The molecule has 0 bridgehead atoms. The van der Waals surface area contributed by atoms with Crippen LogP contribution in [0.5, 0.6) is 11.5 Å². The predicted molar refractivity (Wildman–Crippen MR) is 117 cm³/mol. The monoisotopic (exact) mass is 488 g/mol. The number of carbonyl (C=O) groups is 2. The third-order valence-corrected chi connectivity index (χ3v) is 5.90. The van der Waals surface area contributed by atoms with Gasteiger partial charge in [-0.25, -0.2) is 4.79 Å². The Balaban J connectivity index is 1.53. The van der Waals surface area contributed by atoms with E-state index >= 15 is 0 Å². The Bertz CT molecular complexity index is 1090. The Morgan fingerprint density at radius 3 is 2.23 bits per heavy atom. The number of carboxylic acids is 1. The fourth-order valence-corrected chi connectivity index (χ4v) is 4.00. The highest BCUT2D eigenvalue weighted by Crippen LogP contribution is 2.40. The van der Waals surface area contributed by atoms with Crippen LogP contribution in [0.1, 0.15) is 17.2 Å². The van der Waals surface area contributed by atoms with Crippen LogP contribution < -0.4 is 4.74 Å². The van der Waals surface area contributed by atoms with Crippen LogP contribution in [0, 0.1) is 5.92 Å². The number of esters is 1. The molecule has 6 N–H and O–H groups in total. The topological polar surface area (TPSA) is 183 Å². The molecule has 11 heteroatoms. The van der Waals surface area contributed by atoms with Gasteiger partial charge in [0.15, 0.2) is 0 Å². The van der Waals surface area contributed by atoms with E-state index in [9.17, 15) is 40.2 Å². The second kappa shape index (κ2) is 10.0. The maximum absolute atomic E-state index is 12.5. The molecule has 7 atom stereocenters. The standard InChI is InChI=1S/C24H24O11/c25-10-16-18(27)19(28)20(29)24(34-16)33-14-7-3-12(4-8-14)21-17(22(30)31)15(23(32)35-21)9-11-1-5-13(26)6-2-11/h1-9,16-21,24-29H,10H2,(H,30,31)/b15-9-/t16-,17-,18-,19+,20-,21-,24-/m0/s1. The van der Waals surface area contributed by atoms with Gasteiger partial charge in [0, 0.05) is 0 Å². The molecular formula is C24H24O11. The normalized spacial score (nSPS) is 31.8. The Hall–Kier alpha value is -3.48. The van der Waals surface area contributed by atoms with Gasteiger partial charge in [-0.05, 0) is 41.5 Å². The van der Waals surface area contributed by atoms with E-state index in [-0.39, 0.29) is 17.1 Å². The number of phenols is 1. The van der Waals surface area contributed by atoms with E-state index < -0.39 is 61.3 Å². The lowest BCUT2D eigenvalue weighted by atomic mass is 9.90. The van der Waals surface area contributed by atoms with Crippen molar-refractivity contribution in [2.75, 3.05) is 6.61 Å². The summed E-state index contributed by atoms with van der Waals surface area (Å²) in [5.41, 5.74) is 0.848. The molecule has 4 rings (SSSR count). The van der Waals surface area contributed by atoms with Crippen LogP contribution in [-0.4, -0.2) is 79.9 Å². The SMILES string of the molecule is O=C1O[C@@H](c2ccc(O[C@H]3O[C@@H](CO)[C@H](O)[C@@H](O)[C@@H]3O)cc2)[C@@H](C(=O)O)/C1=C/c1ccc(O)cc1. The minimum atomic E-state index is -1.60. The van der Waals surface area contributed by atoms with Crippen LogP contribution in [0.15, 0.2) is 54.1 Å². The lowest BCUT2D eigenvalue weighted by Crippen LogP contribution is -2.60. The summed E-state index contributed by atoms with van der Waals surface area (Å²) in [7, 11) is 0. The number of hydrogen-bond acceptors (Lipinski definition) is 10. The second-order valence-electron chi connectivity index (χ2n) is 8.22. The number of carboxylic acid groups (broad SMARTS) is 1. The van der Waals surface area contributed by atoms with Crippen molar-refractivity contribution >= 4 is 18.0 Å². The smallest absolute Gasteiger partial charge is 0.335 e. The van der Waals surface area contributed by atoms with E-state index in [0.717, 1.165) is 0 Å². The quantitative estimate of drug-likeness (QED) is 0.237. The number of aromatic hydroxyl groups is 1. The highest BCUT2D eigenvalue weighted by molar-refractivity contribution is 6.02. The Labute approximate surface area is 199 Å². The number of ether oxygens (including phenoxy) is 3. The van der Waals surface area contributed by atoms with E-state index in [0.29, 0.717) is 11.1 Å². The van der Waals surface area contributed by atoms with Crippen molar-refractivity contribution in [3.05, 3.63) is 65.2 Å². The number of rotatable bonds is 6. The van der Waals surface area contributed by atoms with Crippen LogP contribution in [0.25, 0.3) is 6.08 Å². The first kappa shape index (κ1) is 24.6. The van der Waals surface area contributed by atoms with Crippen molar-refractivity contribution in [3.63, 3.8) is 0 Å². The number of phenolic OH excluding ortho intramolecular Hbond substituents is 1. The minimum absolute atomic E-state index is 0.0276. The van der Waals surface area contributed by atoms with Crippen molar-refractivity contribution in [2.24, 2.45) is 5.92 Å². The van der Waals surface area contributed by atoms with Crippen LogP contribution in [0.2, 0.25) is 0 Å². The maximum Gasteiger partial charge on any atom is 0.335 e. The summed E-state index contributed by atoms with van der Waals surface area (Å²) in [6, 6.07) is 11.7. The molecule has 2 aromatic rings. The lowest BCUT2D eigenvalue weighted by Gasteiger charge is -2.39.